The van der Waals surface area contributed by atoms with E-state index in [1.165, 1.54) is 0 Å². The smallest absolute Gasteiger partial charge is 0.0991 e. The monoisotopic (exact) mass is 626 g/mol. The first-order valence-corrected chi connectivity index (χ1v) is 15.8. The van der Waals surface area contributed by atoms with Crippen LogP contribution in [0.15, 0.2) is 146 Å². The Morgan fingerprint density at radius 3 is 0.653 bits per heavy atom. The maximum atomic E-state index is 9.07. The van der Waals surface area contributed by atoms with Gasteiger partial charge in [0.2, 0.25) is 0 Å². The van der Waals surface area contributed by atoms with E-state index in [-0.39, 0.29) is 0 Å². The van der Waals surface area contributed by atoms with Crippen LogP contribution in [0.1, 0.15) is 50.1 Å². The molecule has 0 unspecified atom stereocenters. The van der Waals surface area contributed by atoms with Crippen LogP contribution in [0.4, 0.5) is 17.1 Å². The molecule has 0 amide bonds. The fourth-order valence-corrected chi connectivity index (χ4v) is 5.23. The van der Waals surface area contributed by atoms with E-state index >= 15 is 0 Å². The molecule has 4 nitrogen and oxygen atoms in total. The lowest BCUT2D eigenvalue weighted by Gasteiger charge is -2.26. The van der Waals surface area contributed by atoms with Crippen LogP contribution in [0.2, 0.25) is 0 Å². The molecular formula is C45H30N4. The van der Waals surface area contributed by atoms with Gasteiger partial charge in [0, 0.05) is 17.1 Å². The number of nitrogens with zero attached hydrogens (tertiary/aromatic N) is 4. The molecule has 0 saturated carbocycles. The van der Waals surface area contributed by atoms with Gasteiger partial charge in [-0.1, -0.05) is 109 Å². The molecular weight excluding hydrogens is 597 g/mol. The number of hydrogen-bond acceptors (Lipinski definition) is 4. The van der Waals surface area contributed by atoms with Crippen molar-refractivity contribution in [2.75, 3.05) is 4.90 Å². The average molecular weight is 627 g/mol. The first kappa shape index (κ1) is 31.8. The van der Waals surface area contributed by atoms with Gasteiger partial charge in [-0.05, 0) is 106 Å². The van der Waals surface area contributed by atoms with Crippen LogP contribution in [0.5, 0.6) is 0 Å². The summed E-state index contributed by atoms with van der Waals surface area (Å²) in [6.45, 7) is 0. The van der Waals surface area contributed by atoms with Crippen molar-refractivity contribution in [3.8, 4) is 18.2 Å². The molecule has 0 aliphatic heterocycles. The molecule has 0 heterocycles. The number of nitriles is 3. The van der Waals surface area contributed by atoms with Gasteiger partial charge in [0.05, 0.1) is 34.9 Å². The van der Waals surface area contributed by atoms with Crippen molar-refractivity contribution >= 4 is 53.5 Å². The van der Waals surface area contributed by atoms with E-state index in [1.54, 1.807) is 0 Å². The van der Waals surface area contributed by atoms with E-state index < -0.39 is 0 Å². The van der Waals surface area contributed by atoms with Crippen LogP contribution in [0.25, 0.3) is 36.5 Å². The first-order valence-electron chi connectivity index (χ1n) is 15.8. The highest BCUT2D eigenvalue weighted by Gasteiger charge is 2.12. The number of rotatable bonds is 9. The number of anilines is 3. The largest absolute Gasteiger partial charge is 0.311 e. The predicted molar refractivity (Wildman–Crippen MR) is 201 cm³/mol. The second kappa shape index (κ2) is 15.4. The second-order valence-electron chi connectivity index (χ2n) is 11.3. The van der Waals surface area contributed by atoms with Gasteiger partial charge in [-0.15, -0.1) is 0 Å². The third-order valence-corrected chi connectivity index (χ3v) is 7.98. The summed E-state index contributed by atoms with van der Waals surface area (Å²) in [6, 6.07) is 54.4. The van der Waals surface area contributed by atoms with Crippen LogP contribution in [0, 0.1) is 34.0 Å². The third kappa shape index (κ3) is 8.35. The summed E-state index contributed by atoms with van der Waals surface area (Å²) >= 11 is 0. The van der Waals surface area contributed by atoms with Gasteiger partial charge in [0.15, 0.2) is 0 Å². The van der Waals surface area contributed by atoms with Gasteiger partial charge in [0.25, 0.3) is 0 Å². The van der Waals surface area contributed by atoms with Crippen LogP contribution < -0.4 is 4.90 Å². The van der Waals surface area contributed by atoms with E-state index in [4.69, 9.17) is 15.8 Å². The lowest BCUT2D eigenvalue weighted by Crippen LogP contribution is -2.09. The molecule has 0 bridgehead atoms. The Balaban J connectivity index is 1.26. The Bertz CT molecular complexity index is 1970. The zero-order valence-electron chi connectivity index (χ0n) is 26.6. The van der Waals surface area contributed by atoms with Crippen molar-refractivity contribution in [2.24, 2.45) is 0 Å². The molecule has 0 spiro atoms. The predicted octanol–water partition coefficient (Wildman–Crippen LogP) is 11.3. The van der Waals surface area contributed by atoms with Gasteiger partial charge in [-0.2, -0.15) is 15.8 Å². The van der Waals surface area contributed by atoms with Crippen molar-refractivity contribution in [2.45, 2.75) is 0 Å². The molecule has 4 heteroatoms. The average Bonchev–Trinajstić information content (AvgIpc) is 3.17. The van der Waals surface area contributed by atoms with Gasteiger partial charge < -0.3 is 4.90 Å². The highest BCUT2D eigenvalue weighted by molar-refractivity contribution is 5.80. The van der Waals surface area contributed by atoms with Crippen molar-refractivity contribution in [1.82, 2.24) is 0 Å². The van der Waals surface area contributed by atoms with Crippen LogP contribution in [-0.2, 0) is 0 Å². The minimum atomic E-state index is 0.646. The van der Waals surface area contributed by atoms with Crippen LogP contribution in [0.3, 0.4) is 0 Å². The van der Waals surface area contributed by atoms with Gasteiger partial charge in [0.1, 0.15) is 0 Å². The van der Waals surface area contributed by atoms with E-state index in [9.17, 15) is 0 Å². The molecule has 6 rings (SSSR count). The fourth-order valence-electron chi connectivity index (χ4n) is 5.23. The Morgan fingerprint density at radius 1 is 0.286 bits per heavy atom. The Hall–Kier alpha value is -7.19. The normalized spacial score (nSPS) is 11.0. The summed E-state index contributed by atoms with van der Waals surface area (Å²) in [5, 5.41) is 27.2. The molecule has 49 heavy (non-hydrogen) atoms. The van der Waals surface area contributed by atoms with Crippen molar-refractivity contribution < 1.29 is 0 Å². The summed E-state index contributed by atoms with van der Waals surface area (Å²) in [5.41, 5.74) is 11.3. The molecule has 6 aromatic carbocycles. The van der Waals surface area contributed by atoms with Crippen LogP contribution >= 0.6 is 0 Å². The fraction of sp³-hybridized carbons (Fsp3) is 0. The number of hydrogen-bond donors (Lipinski definition) is 0. The Kier molecular flexibility index (Phi) is 9.99. The highest BCUT2D eigenvalue weighted by atomic mass is 15.1. The minimum absolute atomic E-state index is 0.646. The SMILES string of the molecule is N#Cc1ccc(/C=C/c2ccc(N(c3ccc(/C=C/c4ccc(C#N)cc4)cc3)c3ccc(/C=C/c4ccc(C#N)cc4)cc3)cc2)cc1. The molecule has 0 aromatic heterocycles. The molecule has 0 saturated heterocycles. The second-order valence-corrected chi connectivity index (χ2v) is 11.3. The first-order chi connectivity index (χ1) is 24.1. The summed E-state index contributed by atoms with van der Waals surface area (Å²) in [7, 11) is 0. The molecule has 0 N–H and O–H groups in total. The van der Waals surface area contributed by atoms with Crippen molar-refractivity contribution in [1.29, 1.82) is 15.8 Å². The van der Waals surface area contributed by atoms with E-state index in [2.05, 4.69) is 114 Å². The molecule has 0 atom stereocenters. The quantitative estimate of drug-likeness (QED) is 0.150. The zero-order chi connectivity index (χ0) is 33.8. The molecule has 0 aliphatic carbocycles. The standard InChI is InChI=1S/C45H30N4/c46-31-40-13-7-34(8-14-40)1-4-37-19-25-43(26-20-37)49(44-27-21-38(22-28-44)5-2-35-9-15-41(32-47)16-10-35)45-29-23-39(24-30-45)6-3-36-11-17-42(33-48)18-12-36/h1-30H/b4-1+,5-2+,6-3+. The maximum absolute atomic E-state index is 9.07. The summed E-state index contributed by atoms with van der Waals surface area (Å²) in [4.78, 5) is 2.23. The number of benzene rings is 6. The lowest BCUT2D eigenvalue weighted by atomic mass is 10.1. The van der Waals surface area contributed by atoms with E-state index in [0.717, 1.165) is 50.4 Å². The maximum Gasteiger partial charge on any atom is 0.0991 e. The van der Waals surface area contributed by atoms with Gasteiger partial charge in [-0.3, -0.25) is 0 Å². The van der Waals surface area contributed by atoms with Crippen LogP contribution in [-0.4, -0.2) is 0 Å². The van der Waals surface area contributed by atoms with E-state index in [0.29, 0.717) is 16.7 Å². The third-order valence-electron chi connectivity index (χ3n) is 7.98. The van der Waals surface area contributed by atoms with Crippen molar-refractivity contribution in [3.63, 3.8) is 0 Å². The zero-order valence-corrected chi connectivity index (χ0v) is 26.6. The van der Waals surface area contributed by atoms with Gasteiger partial charge >= 0.3 is 0 Å². The Labute approximate surface area is 287 Å². The lowest BCUT2D eigenvalue weighted by molar-refractivity contribution is 1.28. The molecule has 0 aliphatic rings. The molecule has 6 aromatic rings. The van der Waals surface area contributed by atoms with E-state index in [1.807, 2.05) is 91.0 Å². The van der Waals surface area contributed by atoms with Gasteiger partial charge in [-0.25, -0.2) is 0 Å². The summed E-state index contributed by atoms with van der Waals surface area (Å²) in [6.07, 6.45) is 12.3. The summed E-state index contributed by atoms with van der Waals surface area (Å²) < 4.78 is 0. The topological polar surface area (TPSA) is 74.6 Å². The molecule has 0 radical (unpaired) electrons. The molecule has 0 fully saturated rings. The Morgan fingerprint density at radius 2 is 0.469 bits per heavy atom. The van der Waals surface area contributed by atoms with Crippen molar-refractivity contribution in [3.05, 3.63) is 196 Å². The minimum Gasteiger partial charge on any atom is -0.311 e. The highest BCUT2D eigenvalue weighted by Crippen LogP contribution is 2.35. The summed E-state index contributed by atoms with van der Waals surface area (Å²) in [5.74, 6) is 0. The molecule has 230 valence electrons.